The Kier molecular flexibility index (Phi) is 9.55. The van der Waals surface area contributed by atoms with Gasteiger partial charge in [-0.15, -0.1) is 11.3 Å². The van der Waals surface area contributed by atoms with Crippen molar-refractivity contribution in [2.24, 2.45) is 0 Å². The van der Waals surface area contributed by atoms with Crippen LogP contribution in [0.5, 0.6) is 0 Å². The minimum Gasteiger partial charge on any atom is -0.465 e. The molecule has 0 unspecified atom stereocenters. The molecule has 0 bridgehead atoms. The molecule has 1 aromatic heterocycles. The predicted octanol–water partition coefficient (Wildman–Crippen LogP) is 5.00. The van der Waals surface area contributed by atoms with Crippen molar-refractivity contribution < 1.29 is 14.3 Å². The summed E-state index contributed by atoms with van der Waals surface area (Å²) in [6.45, 7) is 2.22. The number of esters is 1. The molecule has 1 amide bonds. The van der Waals surface area contributed by atoms with Crippen LogP contribution >= 0.6 is 11.3 Å². The number of ether oxygens (including phenoxy) is 1. The van der Waals surface area contributed by atoms with E-state index in [2.05, 4.69) is 12.2 Å². The van der Waals surface area contributed by atoms with Crippen LogP contribution in [0.4, 0.5) is 5.69 Å². The van der Waals surface area contributed by atoms with Gasteiger partial charge >= 0.3 is 5.97 Å². The van der Waals surface area contributed by atoms with Gasteiger partial charge in [0, 0.05) is 6.42 Å². The molecule has 0 fully saturated rings. The third kappa shape index (κ3) is 7.07. The molecule has 124 valence electrons. The van der Waals surface area contributed by atoms with Gasteiger partial charge in [0.15, 0.2) is 0 Å². The molecule has 1 heterocycles. The molecule has 1 N–H and O–H groups in total. The topological polar surface area (TPSA) is 55.4 Å². The fraction of sp³-hybridized carbons (Fsp3) is 0.647. The molecule has 0 radical (unpaired) electrons. The van der Waals surface area contributed by atoms with Gasteiger partial charge < -0.3 is 10.1 Å². The van der Waals surface area contributed by atoms with Gasteiger partial charge in [0.05, 0.1) is 12.8 Å². The summed E-state index contributed by atoms with van der Waals surface area (Å²) in [5, 5.41) is 4.57. The summed E-state index contributed by atoms with van der Waals surface area (Å²) in [5.74, 6) is -0.438. The second-order valence-electron chi connectivity index (χ2n) is 5.43. The van der Waals surface area contributed by atoms with Crippen molar-refractivity contribution in [2.45, 2.75) is 64.7 Å². The number of anilines is 1. The van der Waals surface area contributed by atoms with Gasteiger partial charge in [0.1, 0.15) is 4.88 Å². The number of amides is 1. The Morgan fingerprint density at radius 3 is 2.36 bits per heavy atom. The summed E-state index contributed by atoms with van der Waals surface area (Å²) in [6.07, 6.45) is 10.2. The van der Waals surface area contributed by atoms with Gasteiger partial charge in [-0.2, -0.15) is 0 Å². The number of thiophene rings is 1. The molecule has 1 aromatic rings. The highest BCUT2D eigenvalue weighted by molar-refractivity contribution is 7.12. The monoisotopic (exact) mass is 325 g/mol. The number of carbonyl (C=O) groups is 2. The molecule has 1 rings (SSSR count). The largest absolute Gasteiger partial charge is 0.465 e. The van der Waals surface area contributed by atoms with Crippen molar-refractivity contribution in [3.8, 4) is 0 Å². The highest BCUT2D eigenvalue weighted by atomic mass is 32.1. The van der Waals surface area contributed by atoms with Crippen molar-refractivity contribution in [1.29, 1.82) is 0 Å². The number of carbonyl (C=O) groups excluding carboxylic acids is 2. The minimum atomic E-state index is -0.405. The van der Waals surface area contributed by atoms with Crippen LogP contribution in [0.15, 0.2) is 11.4 Å². The fourth-order valence-corrected chi connectivity index (χ4v) is 3.06. The zero-order chi connectivity index (χ0) is 16.2. The van der Waals surface area contributed by atoms with Crippen molar-refractivity contribution in [3.05, 3.63) is 16.3 Å². The van der Waals surface area contributed by atoms with Crippen LogP contribution in [0.2, 0.25) is 0 Å². The van der Waals surface area contributed by atoms with Crippen LogP contribution < -0.4 is 5.32 Å². The molecule has 0 aliphatic rings. The number of methoxy groups -OCH3 is 1. The molecule has 4 nitrogen and oxygen atoms in total. The van der Waals surface area contributed by atoms with Crippen LogP contribution in [-0.2, 0) is 9.53 Å². The van der Waals surface area contributed by atoms with Crippen molar-refractivity contribution in [2.75, 3.05) is 12.4 Å². The molecule has 22 heavy (non-hydrogen) atoms. The molecule has 5 heteroatoms. The SMILES string of the molecule is CCCCCCCCCCC(=O)Nc1ccsc1C(=O)OC. The Labute approximate surface area is 137 Å². The number of nitrogens with one attached hydrogen (secondary N) is 1. The van der Waals surface area contributed by atoms with E-state index in [0.717, 1.165) is 12.8 Å². The lowest BCUT2D eigenvalue weighted by Gasteiger charge is -2.05. The van der Waals surface area contributed by atoms with Gasteiger partial charge in [-0.3, -0.25) is 4.79 Å². The van der Waals surface area contributed by atoms with Crippen LogP contribution in [0.1, 0.15) is 74.4 Å². The summed E-state index contributed by atoms with van der Waals surface area (Å²) in [5.41, 5.74) is 0.557. The second-order valence-corrected chi connectivity index (χ2v) is 6.34. The standard InChI is InChI=1S/C17H27NO3S/c1-3-4-5-6-7-8-9-10-11-15(19)18-14-12-13-22-16(14)17(20)21-2/h12-13H,3-11H2,1-2H3,(H,18,19). The van der Waals surface area contributed by atoms with Gasteiger partial charge in [-0.25, -0.2) is 4.79 Å². The quantitative estimate of drug-likeness (QED) is 0.460. The molecule has 0 aromatic carbocycles. The fourth-order valence-electron chi connectivity index (χ4n) is 2.29. The van der Waals surface area contributed by atoms with E-state index in [4.69, 9.17) is 4.74 Å². The average molecular weight is 325 g/mol. The first-order valence-electron chi connectivity index (χ1n) is 8.14. The first-order valence-corrected chi connectivity index (χ1v) is 9.02. The smallest absolute Gasteiger partial charge is 0.350 e. The Morgan fingerprint density at radius 1 is 1.09 bits per heavy atom. The predicted molar refractivity (Wildman–Crippen MR) is 91.5 cm³/mol. The Balaban J connectivity index is 2.16. The molecule has 0 aliphatic heterocycles. The third-order valence-corrected chi connectivity index (χ3v) is 4.46. The maximum absolute atomic E-state index is 11.9. The summed E-state index contributed by atoms with van der Waals surface area (Å²) in [6, 6.07) is 1.74. The lowest BCUT2D eigenvalue weighted by atomic mass is 10.1. The molecular formula is C17H27NO3S. The summed E-state index contributed by atoms with van der Waals surface area (Å²) in [4.78, 5) is 23.9. The van der Waals surface area contributed by atoms with E-state index in [0.29, 0.717) is 17.0 Å². The molecule has 0 saturated carbocycles. The average Bonchev–Trinajstić information content (AvgIpc) is 2.97. The van der Waals surface area contributed by atoms with Gasteiger partial charge in [-0.05, 0) is 17.9 Å². The molecule has 0 saturated heterocycles. The van der Waals surface area contributed by atoms with Crippen molar-refractivity contribution >= 4 is 28.9 Å². The molecule has 0 aliphatic carbocycles. The zero-order valence-electron chi connectivity index (χ0n) is 13.7. The maximum Gasteiger partial charge on any atom is 0.350 e. The van der Waals surface area contributed by atoms with E-state index in [1.165, 1.54) is 57.0 Å². The number of hydrogen-bond acceptors (Lipinski definition) is 4. The van der Waals surface area contributed by atoms with E-state index >= 15 is 0 Å². The lowest BCUT2D eigenvalue weighted by Crippen LogP contribution is -2.13. The first-order chi connectivity index (χ1) is 10.7. The van der Waals surface area contributed by atoms with E-state index in [-0.39, 0.29) is 5.91 Å². The minimum absolute atomic E-state index is 0.0328. The summed E-state index contributed by atoms with van der Waals surface area (Å²) >= 11 is 1.28. The number of hydrogen-bond donors (Lipinski definition) is 1. The van der Waals surface area contributed by atoms with E-state index in [1.807, 2.05) is 0 Å². The molecule has 0 atom stereocenters. The second kappa shape index (κ2) is 11.2. The normalized spacial score (nSPS) is 10.5. The third-order valence-electron chi connectivity index (χ3n) is 3.57. The van der Waals surface area contributed by atoms with Gasteiger partial charge in [-0.1, -0.05) is 51.9 Å². The zero-order valence-corrected chi connectivity index (χ0v) is 14.5. The van der Waals surface area contributed by atoms with Crippen LogP contribution in [0.3, 0.4) is 0 Å². The first kappa shape index (κ1) is 18.7. The lowest BCUT2D eigenvalue weighted by molar-refractivity contribution is -0.116. The van der Waals surface area contributed by atoms with E-state index in [9.17, 15) is 9.59 Å². The van der Waals surface area contributed by atoms with Crippen molar-refractivity contribution in [3.63, 3.8) is 0 Å². The van der Waals surface area contributed by atoms with E-state index < -0.39 is 5.97 Å². The number of rotatable bonds is 11. The Hall–Kier alpha value is -1.36. The Bertz CT molecular complexity index is 457. The molecular weight excluding hydrogens is 298 g/mol. The summed E-state index contributed by atoms with van der Waals surface area (Å²) in [7, 11) is 1.34. The van der Waals surface area contributed by atoms with Gasteiger partial charge in [0.2, 0.25) is 5.91 Å². The summed E-state index contributed by atoms with van der Waals surface area (Å²) < 4.78 is 4.69. The highest BCUT2D eigenvalue weighted by Gasteiger charge is 2.15. The molecule has 0 spiro atoms. The van der Waals surface area contributed by atoms with Crippen LogP contribution in [0, 0.1) is 0 Å². The van der Waals surface area contributed by atoms with Crippen molar-refractivity contribution in [1.82, 2.24) is 0 Å². The maximum atomic E-state index is 11.9. The Morgan fingerprint density at radius 2 is 1.73 bits per heavy atom. The number of unbranched alkanes of at least 4 members (excludes halogenated alkanes) is 7. The highest BCUT2D eigenvalue weighted by Crippen LogP contribution is 2.23. The van der Waals surface area contributed by atoms with Crippen LogP contribution in [0.25, 0.3) is 0 Å². The van der Waals surface area contributed by atoms with E-state index in [1.54, 1.807) is 11.4 Å². The van der Waals surface area contributed by atoms with Crippen LogP contribution in [-0.4, -0.2) is 19.0 Å². The van der Waals surface area contributed by atoms with Gasteiger partial charge in [0.25, 0.3) is 0 Å².